The van der Waals surface area contributed by atoms with E-state index in [0.717, 1.165) is 0 Å². The second-order valence-electron chi connectivity index (χ2n) is 3.03. The van der Waals surface area contributed by atoms with Crippen LogP contribution in [-0.2, 0) is 11.3 Å². The van der Waals surface area contributed by atoms with E-state index < -0.39 is 0 Å². The van der Waals surface area contributed by atoms with E-state index >= 15 is 0 Å². The second-order valence-corrected chi connectivity index (χ2v) is 3.03. The highest BCUT2D eigenvalue weighted by atomic mass is 19.1. The minimum atomic E-state index is -0.287. The lowest BCUT2D eigenvalue weighted by molar-refractivity contribution is 0.176. The topological polar surface area (TPSA) is 39.9 Å². The molecule has 5 heteroatoms. The van der Waals surface area contributed by atoms with Gasteiger partial charge in [0.1, 0.15) is 18.8 Å². The highest BCUT2D eigenvalue weighted by Gasteiger charge is 2.05. The van der Waals surface area contributed by atoms with Crippen LogP contribution in [0.5, 0.6) is 0 Å². The zero-order valence-corrected chi connectivity index (χ0v) is 8.22. The lowest BCUT2D eigenvalue weighted by Gasteiger charge is -2.05. The Kier molecular flexibility index (Phi) is 2.73. The van der Waals surface area contributed by atoms with E-state index in [2.05, 4.69) is 10.2 Å². The summed E-state index contributed by atoms with van der Waals surface area (Å²) >= 11 is 0. The molecule has 0 aliphatic heterocycles. The summed E-state index contributed by atoms with van der Waals surface area (Å²) in [5.41, 5.74) is 0.687. The number of halogens is 1. The predicted molar refractivity (Wildman–Crippen MR) is 52.0 cm³/mol. The van der Waals surface area contributed by atoms with E-state index in [0.29, 0.717) is 18.1 Å². The molecule has 0 bridgehead atoms. The summed E-state index contributed by atoms with van der Waals surface area (Å²) in [4.78, 5) is 0. The molecule has 0 N–H and O–H groups in total. The van der Waals surface area contributed by atoms with Crippen LogP contribution in [0.4, 0.5) is 4.39 Å². The van der Waals surface area contributed by atoms with Crippen LogP contribution in [0, 0.1) is 5.82 Å². The molecule has 1 heterocycles. The monoisotopic (exact) mass is 207 g/mol. The van der Waals surface area contributed by atoms with Crippen LogP contribution in [0.2, 0.25) is 0 Å². The molecule has 0 spiro atoms. The van der Waals surface area contributed by atoms with Crippen LogP contribution in [0.25, 0.3) is 5.69 Å². The molecule has 0 saturated carbocycles. The number of aromatic nitrogens is 3. The second kappa shape index (κ2) is 4.18. The van der Waals surface area contributed by atoms with Gasteiger partial charge in [-0.15, -0.1) is 10.2 Å². The van der Waals surface area contributed by atoms with Crippen molar-refractivity contribution in [1.82, 2.24) is 14.8 Å². The number of ether oxygens (including phenoxy) is 1. The molecule has 2 aromatic rings. The van der Waals surface area contributed by atoms with Gasteiger partial charge in [0.15, 0.2) is 5.82 Å². The summed E-state index contributed by atoms with van der Waals surface area (Å²) in [6, 6.07) is 6.24. The molecule has 78 valence electrons. The van der Waals surface area contributed by atoms with Crippen molar-refractivity contribution in [3.63, 3.8) is 0 Å². The van der Waals surface area contributed by atoms with E-state index in [1.807, 2.05) is 0 Å². The van der Waals surface area contributed by atoms with Gasteiger partial charge >= 0.3 is 0 Å². The average molecular weight is 207 g/mol. The normalized spacial score (nSPS) is 10.5. The SMILES string of the molecule is COCc1nncn1-c1cccc(F)c1. The van der Waals surface area contributed by atoms with Gasteiger partial charge in [-0.3, -0.25) is 4.57 Å². The van der Waals surface area contributed by atoms with Crippen molar-refractivity contribution in [2.75, 3.05) is 7.11 Å². The van der Waals surface area contributed by atoms with Gasteiger partial charge < -0.3 is 4.74 Å². The Labute approximate surface area is 86.3 Å². The van der Waals surface area contributed by atoms with Gasteiger partial charge in [0.2, 0.25) is 0 Å². The van der Waals surface area contributed by atoms with Gasteiger partial charge in [-0.05, 0) is 18.2 Å². The van der Waals surface area contributed by atoms with Crippen molar-refractivity contribution < 1.29 is 9.13 Å². The Morgan fingerprint density at radius 3 is 3.07 bits per heavy atom. The third kappa shape index (κ3) is 2.02. The van der Waals surface area contributed by atoms with Gasteiger partial charge in [-0.2, -0.15) is 0 Å². The third-order valence-electron chi connectivity index (χ3n) is 1.98. The van der Waals surface area contributed by atoms with Crippen LogP contribution < -0.4 is 0 Å². The molecule has 0 fully saturated rings. The van der Waals surface area contributed by atoms with Crippen LogP contribution in [0.15, 0.2) is 30.6 Å². The fourth-order valence-electron chi connectivity index (χ4n) is 1.33. The molecule has 0 unspecified atom stereocenters. The first-order valence-electron chi connectivity index (χ1n) is 4.45. The maximum Gasteiger partial charge on any atom is 0.163 e. The van der Waals surface area contributed by atoms with Gasteiger partial charge in [0, 0.05) is 7.11 Å². The van der Waals surface area contributed by atoms with Crippen LogP contribution in [0.3, 0.4) is 0 Å². The largest absolute Gasteiger partial charge is 0.377 e. The molecule has 0 radical (unpaired) electrons. The van der Waals surface area contributed by atoms with E-state index in [4.69, 9.17) is 4.74 Å². The summed E-state index contributed by atoms with van der Waals surface area (Å²) in [6.07, 6.45) is 1.53. The van der Waals surface area contributed by atoms with Gasteiger partial charge in [0.25, 0.3) is 0 Å². The van der Waals surface area contributed by atoms with E-state index in [1.165, 1.54) is 18.5 Å². The fourth-order valence-corrected chi connectivity index (χ4v) is 1.33. The standard InChI is InChI=1S/C10H10FN3O/c1-15-6-10-13-12-7-14(10)9-4-2-3-8(11)5-9/h2-5,7H,6H2,1H3. The van der Waals surface area contributed by atoms with Crippen molar-refractivity contribution in [3.8, 4) is 5.69 Å². The number of methoxy groups -OCH3 is 1. The zero-order chi connectivity index (χ0) is 10.7. The minimum absolute atomic E-state index is 0.287. The van der Waals surface area contributed by atoms with Crippen molar-refractivity contribution >= 4 is 0 Å². The molecule has 0 atom stereocenters. The molecule has 0 amide bonds. The van der Waals surface area contributed by atoms with Crippen LogP contribution >= 0.6 is 0 Å². The summed E-state index contributed by atoms with van der Waals surface area (Å²) in [5.74, 6) is 0.354. The number of benzene rings is 1. The smallest absolute Gasteiger partial charge is 0.163 e. The van der Waals surface area contributed by atoms with Gasteiger partial charge in [-0.1, -0.05) is 6.07 Å². The lowest BCUT2D eigenvalue weighted by atomic mass is 10.3. The Balaban J connectivity index is 2.40. The maximum atomic E-state index is 13.0. The predicted octanol–water partition coefficient (Wildman–Crippen LogP) is 1.55. The molecule has 1 aromatic carbocycles. The molecule has 15 heavy (non-hydrogen) atoms. The van der Waals surface area contributed by atoms with E-state index in [1.54, 1.807) is 23.8 Å². The molecular formula is C10H10FN3O. The third-order valence-corrected chi connectivity index (χ3v) is 1.98. The van der Waals surface area contributed by atoms with E-state index in [-0.39, 0.29) is 5.82 Å². The van der Waals surface area contributed by atoms with Crippen molar-refractivity contribution in [2.24, 2.45) is 0 Å². The summed E-state index contributed by atoms with van der Waals surface area (Å²) < 4.78 is 19.6. The highest BCUT2D eigenvalue weighted by Crippen LogP contribution is 2.11. The molecule has 0 aliphatic rings. The number of nitrogens with zero attached hydrogens (tertiary/aromatic N) is 3. The summed E-state index contributed by atoms with van der Waals surface area (Å²) in [5, 5.41) is 7.63. The summed E-state index contributed by atoms with van der Waals surface area (Å²) in [6.45, 7) is 0.344. The maximum absolute atomic E-state index is 13.0. The van der Waals surface area contributed by atoms with Gasteiger partial charge in [-0.25, -0.2) is 4.39 Å². The van der Waals surface area contributed by atoms with Crippen molar-refractivity contribution in [2.45, 2.75) is 6.61 Å². The minimum Gasteiger partial charge on any atom is -0.377 e. The Morgan fingerprint density at radius 1 is 1.47 bits per heavy atom. The number of hydrogen-bond donors (Lipinski definition) is 0. The molecular weight excluding hydrogens is 197 g/mol. The molecule has 1 aromatic heterocycles. The van der Waals surface area contributed by atoms with Gasteiger partial charge in [0.05, 0.1) is 5.69 Å². The van der Waals surface area contributed by atoms with Crippen LogP contribution in [0.1, 0.15) is 5.82 Å². The molecule has 0 aliphatic carbocycles. The Hall–Kier alpha value is -1.75. The quantitative estimate of drug-likeness (QED) is 0.766. The van der Waals surface area contributed by atoms with E-state index in [9.17, 15) is 4.39 Å². The van der Waals surface area contributed by atoms with Crippen LogP contribution in [-0.4, -0.2) is 21.9 Å². The lowest BCUT2D eigenvalue weighted by Crippen LogP contribution is -2.01. The fraction of sp³-hybridized carbons (Fsp3) is 0.200. The first kappa shape index (κ1) is 9.79. The number of hydrogen-bond acceptors (Lipinski definition) is 3. The first-order valence-corrected chi connectivity index (χ1v) is 4.45. The average Bonchev–Trinajstić information content (AvgIpc) is 2.66. The number of rotatable bonds is 3. The first-order chi connectivity index (χ1) is 7.31. The summed E-state index contributed by atoms with van der Waals surface area (Å²) in [7, 11) is 1.57. The Bertz CT molecular complexity index is 455. The zero-order valence-electron chi connectivity index (χ0n) is 8.22. The molecule has 0 saturated heterocycles. The van der Waals surface area contributed by atoms with Crippen molar-refractivity contribution in [3.05, 3.63) is 42.2 Å². The Morgan fingerprint density at radius 2 is 2.33 bits per heavy atom. The highest BCUT2D eigenvalue weighted by molar-refractivity contribution is 5.32. The molecule has 2 rings (SSSR count). The molecule has 4 nitrogen and oxygen atoms in total. The van der Waals surface area contributed by atoms with Crippen molar-refractivity contribution in [1.29, 1.82) is 0 Å².